The van der Waals surface area contributed by atoms with Gasteiger partial charge in [0.1, 0.15) is 5.66 Å². The van der Waals surface area contributed by atoms with Crippen LogP contribution in [0.5, 0.6) is 0 Å². The Balaban J connectivity index is 1.49. The third-order valence-corrected chi connectivity index (χ3v) is 11.8. The number of nitrogens with zero attached hydrogens (tertiary/aromatic N) is 2. The second-order valence-corrected chi connectivity index (χ2v) is 14.2. The number of benzene rings is 3. The first kappa shape index (κ1) is 26.5. The molecule has 1 N–H and O–H groups in total. The summed E-state index contributed by atoms with van der Waals surface area (Å²) in [7, 11) is -5.97. The van der Waals surface area contributed by atoms with Crippen molar-refractivity contribution in [2.24, 2.45) is 0 Å². The fourth-order valence-electron chi connectivity index (χ4n) is 5.82. The molecule has 0 aromatic heterocycles. The summed E-state index contributed by atoms with van der Waals surface area (Å²) in [5, 5.41) is 3.53. The van der Waals surface area contributed by atoms with Crippen LogP contribution in [-0.2, 0) is 25.5 Å². The highest BCUT2D eigenvalue weighted by atomic mass is 32.2. The third-order valence-electron chi connectivity index (χ3n) is 8.08. The van der Waals surface area contributed by atoms with Crippen molar-refractivity contribution in [2.75, 3.05) is 18.9 Å². The summed E-state index contributed by atoms with van der Waals surface area (Å²) in [5.74, 6) is 0. The third kappa shape index (κ3) is 4.04. The number of aryl methyl sites for hydroxylation is 2. The SMILES string of the molecule is Cc1ccc(S(=O)(=O)N(C)/C=C/C[C@]23CCN(S(=O)(=O)c4ccc(C)cc4)[C@@]2(C)Nc2ccccc23)cc1. The summed E-state index contributed by atoms with van der Waals surface area (Å²) in [4.78, 5) is 0.486. The summed E-state index contributed by atoms with van der Waals surface area (Å²) in [6, 6.07) is 21.6. The maximum Gasteiger partial charge on any atom is 0.263 e. The average molecular weight is 552 g/mol. The normalized spacial score (nSPS) is 23.3. The fourth-order valence-corrected chi connectivity index (χ4v) is 8.64. The largest absolute Gasteiger partial charge is 0.365 e. The highest BCUT2D eigenvalue weighted by Crippen LogP contribution is 2.58. The van der Waals surface area contributed by atoms with E-state index in [9.17, 15) is 16.8 Å². The number of anilines is 1. The molecule has 3 aromatic carbocycles. The Hall–Kier alpha value is -3.14. The lowest BCUT2D eigenvalue weighted by atomic mass is 9.71. The number of allylic oxidation sites excluding steroid dienone is 1. The summed E-state index contributed by atoms with van der Waals surface area (Å²) in [6.07, 6.45) is 4.47. The van der Waals surface area contributed by atoms with Crippen LogP contribution in [0.2, 0.25) is 0 Å². The van der Waals surface area contributed by atoms with Crippen molar-refractivity contribution in [3.8, 4) is 0 Å². The molecule has 0 aliphatic carbocycles. The molecule has 38 heavy (non-hydrogen) atoms. The van der Waals surface area contributed by atoms with Gasteiger partial charge in [0.25, 0.3) is 10.0 Å². The quantitative estimate of drug-likeness (QED) is 0.447. The molecule has 2 atom stereocenters. The standard InChI is InChI=1S/C29H33N3O4S2/c1-22-10-14-24(15-11-22)37(33,34)31(4)20-7-18-29-19-21-32(38(35,36)25-16-12-23(2)13-17-25)28(29,3)30-27-9-6-5-8-26(27)29/h5-17,20,30H,18-19,21H2,1-4H3/b20-7+/t28-,29-/m1/s1. The van der Waals surface area contributed by atoms with Gasteiger partial charge in [-0.2, -0.15) is 4.31 Å². The Morgan fingerprint density at radius 2 is 1.47 bits per heavy atom. The van der Waals surface area contributed by atoms with Crippen molar-refractivity contribution in [1.29, 1.82) is 0 Å². The molecule has 1 saturated heterocycles. The lowest BCUT2D eigenvalue weighted by Crippen LogP contribution is -2.57. The molecule has 0 saturated carbocycles. The zero-order valence-electron chi connectivity index (χ0n) is 22.0. The maximum atomic E-state index is 13.9. The highest BCUT2D eigenvalue weighted by Gasteiger charge is 2.64. The van der Waals surface area contributed by atoms with E-state index >= 15 is 0 Å². The van der Waals surface area contributed by atoms with Crippen LogP contribution in [0.3, 0.4) is 0 Å². The number of rotatable bonds is 7. The first-order valence-corrected chi connectivity index (χ1v) is 15.5. The second-order valence-electron chi connectivity index (χ2n) is 10.4. The molecule has 2 aliphatic heterocycles. The molecule has 0 unspecified atom stereocenters. The van der Waals surface area contributed by atoms with E-state index in [1.165, 1.54) is 11.4 Å². The molecular weight excluding hydrogens is 518 g/mol. The molecule has 2 aliphatic rings. The van der Waals surface area contributed by atoms with E-state index in [4.69, 9.17) is 0 Å². The Kier molecular flexibility index (Phi) is 6.44. The van der Waals surface area contributed by atoms with Crippen LogP contribution in [0, 0.1) is 13.8 Å². The van der Waals surface area contributed by atoms with E-state index in [0.29, 0.717) is 19.4 Å². The minimum absolute atomic E-state index is 0.224. The van der Waals surface area contributed by atoms with Crippen LogP contribution in [0.25, 0.3) is 0 Å². The monoisotopic (exact) mass is 551 g/mol. The van der Waals surface area contributed by atoms with Crippen molar-refractivity contribution < 1.29 is 16.8 Å². The molecule has 0 bridgehead atoms. The van der Waals surface area contributed by atoms with Crippen molar-refractivity contribution in [1.82, 2.24) is 8.61 Å². The molecule has 3 aromatic rings. The molecule has 1 fully saturated rings. The number of hydrogen-bond donors (Lipinski definition) is 1. The molecule has 5 rings (SSSR count). The first-order chi connectivity index (χ1) is 17.9. The van der Waals surface area contributed by atoms with E-state index in [1.54, 1.807) is 46.9 Å². The number of para-hydroxylation sites is 1. The van der Waals surface area contributed by atoms with Crippen LogP contribution >= 0.6 is 0 Å². The smallest absolute Gasteiger partial charge is 0.263 e. The van der Waals surface area contributed by atoms with E-state index in [0.717, 1.165) is 22.4 Å². The highest BCUT2D eigenvalue weighted by molar-refractivity contribution is 7.89. The lowest BCUT2D eigenvalue weighted by Gasteiger charge is -2.42. The van der Waals surface area contributed by atoms with Gasteiger partial charge in [0.15, 0.2) is 0 Å². The summed E-state index contributed by atoms with van der Waals surface area (Å²) in [6.45, 7) is 6.12. The van der Waals surface area contributed by atoms with Crippen LogP contribution in [0.1, 0.15) is 36.5 Å². The van der Waals surface area contributed by atoms with Gasteiger partial charge in [0, 0.05) is 30.9 Å². The van der Waals surface area contributed by atoms with Crippen molar-refractivity contribution in [3.05, 3.63) is 102 Å². The van der Waals surface area contributed by atoms with Crippen molar-refractivity contribution >= 4 is 25.7 Å². The molecule has 9 heteroatoms. The molecule has 200 valence electrons. The van der Waals surface area contributed by atoms with Gasteiger partial charge in [-0.05, 0) is 69.5 Å². The van der Waals surface area contributed by atoms with Crippen LogP contribution in [0.15, 0.2) is 94.9 Å². The van der Waals surface area contributed by atoms with Gasteiger partial charge in [-0.25, -0.2) is 16.8 Å². The fraction of sp³-hybridized carbons (Fsp3) is 0.310. The van der Waals surface area contributed by atoms with Crippen LogP contribution in [-0.4, -0.2) is 44.7 Å². The van der Waals surface area contributed by atoms with Crippen LogP contribution < -0.4 is 5.32 Å². The van der Waals surface area contributed by atoms with Crippen molar-refractivity contribution in [2.45, 2.75) is 54.5 Å². The van der Waals surface area contributed by atoms with Gasteiger partial charge in [-0.3, -0.25) is 4.31 Å². The number of hydrogen-bond acceptors (Lipinski definition) is 5. The molecule has 0 amide bonds. The number of sulfonamides is 2. The zero-order valence-corrected chi connectivity index (χ0v) is 23.7. The Bertz CT molecular complexity index is 1600. The Morgan fingerprint density at radius 1 is 0.895 bits per heavy atom. The molecule has 0 radical (unpaired) electrons. The topological polar surface area (TPSA) is 86.8 Å². The van der Waals surface area contributed by atoms with Gasteiger partial charge >= 0.3 is 0 Å². The Labute approximate surface area is 225 Å². The minimum atomic E-state index is -3.79. The van der Waals surface area contributed by atoms with E-state index in [1.807, 2.05) is 63.2 Å². The first-order valence-electron chi connectivity index (χ1n) is 12.6. The minimum Gasteiger partial charge on any atom is -0.365 e. The van der Waals surface area contributed by atoms with Crippen LogP contribution in [0.4, 0.5) is 5.69 Å². The summed E-state index contributed by atoms with van der Waals surface area (Å²) < 4.78 is 56.7. The predicted molar refractivity (Wildman–Crippen MR) is 150 cm³/mol. The van der Waals surface area contributed by atoms with Gasteiger partial charge in [-0.15, -0.1) is 0 Å². The van der Waals surface area contributed by atoms with E-state index in [2.05, 4.69) is 5.32 Å². The predicted octanol–water partition coefficient (Wildman–Crippen LogP) is 5.00. The van der Waals surface area contributed by atoms with Crippen molar-refractivity contribution in [3.63, 3.8) is 0 Å². The zero-order chi connectivity index (χ0) is 27.3. The molecule has 2 heterocycles. The summed E-state index contributed by atoms with van der Waals surface area (Å²) in [5.41, 5.74) is 2.41. The summed E-state index contributed by atoms with van der Waals surface area (Å²) >= 11 is 0. The van der Waals surface area contributed by atoms with Gasteiger partial charge in [-0.1, -0.05) is 59.7 Å². The van der Waals surface area contributed by atoms with E-state index < -0.39 is 31.1 Å². The number of fused-ring (bicyclic) bond motifs is 3. The average Bonchev–Trinajstić information content (AvgIpc) is 3.30. The Morgan fingerprint density at radius 3 is 2.11 bits per heavy atom. The van der Waals surface area contributed by atoms with Gasteiger partial charge < -0.3 is 5.32 Å². The maximum absolute atomic E-state index is 13.9. The lowest BCUT2D eigenvalue weighted by molar-refractivity contribution is 0.221. The van der Waals surface area contributed by atoms with E-state index in [-0.39, 0.29) is 9.79 Å². The van der Waals surface area contributed by atoms with Gasteiger partial charge in [0.2, 0.25) is 10.0 Å². The molecular formula is C29H33N3O4S2. The number of nitrogens with one attached hydrogen (secondary N) is 1. The molecule has 0 spiro atoms. The molecule has 7 nitrogen and oxygen atoms in total. The van der Waals surface area contributed by atoms with Gasteiger partial charge in [0.05, 0.1) is 9.79 Å². The second kappa shape index (κ2) is 9.25.